The maximum atomic E-state index is 12.8. The van der Waals surface area contributed by atoms with Gasteiger partial charge in [0.05, 0.1) is 18.9 Å². The third kappa shape index (κ3) is 2.74. The highest BCUT2D eigenvalue weighted by molar-refractivity contribution is 6.06. The number of nitrogens with zero attached hydrogens (tertiary/aromatic N) is 2. The number of amides is 1. The van der Waals surface area contributed by atoms with Gasteiger partial charge in [-0.1, -0.05) is 6.08 Å². The number of ether oxygens (including phenoxy) is 1. The molecule has 0 spiro atoms. The van der Waals surface area contributed by atoms with Gasteiger partial charge in [0.15, 0.2) is 0 Å². The van der Waals surface area contributed by atoms with Gasteiger partial charge in [-0.05, 0) is 37.1 Å². The summed E-state index contributed by atoms with van der Waals surface area (Å²) in [5.41, 5.74) is 9.35. The molecule has 21 heavy (non-hydrogen) atoms. The van der Waals surface area contributed by atoms with E-state index in [4.69, 9.17) is 10.5 Å². The molecule has 5 nitrogen and oxygen atoms in total. The predicted molar refractivity (Wildman–Crippen MR) is 83.0 cm³/mol. The topological polar surface area (TPSA) is 58.8 Å². The lowest BCUT2D eigenvalue weighted by Crippen LogP contribution is -2.45. The quantitative estimate of drug-likeness (QED) is 0.838. The van der Waals surface area contributed by atoms with Crippen LogP contribution in [0.5, 0.6) is 0 Å². The first-order valence-corrected chi connectivity index (χ1v) is 7.37. The number of nitrogen functional groups attached to an aromatic ring is 1. The summed E-state index contributed by atoms with van der Waals surface area (Å²) in [6, 6.07) is 5.77. The largest absolute Gasteiger partial charge is 0.399 e. The van der Waals surface area contributed by atoms with Crippen molar-refractivity contribution in [3.05, 3.63) is 35.5 Å². The van der Waals surface area contributed by atoms with Crippen LogP contribution in [-0.4, -0.2) is 43.7 Å². The minimum Gasteiger partial charge on any atom is -0.399 e. The number of rotatable bonds is 2. The molecule has 2 heterocycles. The summed E-state index contributed by atoms with van der Waals surface area (Å²) < 4.78 is 5.36. The summed E-state index contributed by atoms with van der Waals surface area (Å²) in [7, 11) is 0. The second kappa shape index (κ2) is 5.77. The van der Waals surface area contributed by atoms with Crippen molar-refractivity contribution >= 4 is 17.3 Å². The van der Waals surface area contributed by atoms with Gasteiger partial charge in [0, 0.05) is 31.0 Å². The molecule has 3 rings (SSSR count). The third-order valence-corrected chi connectivity index (χ3v) is 4.07. The van der Waals surface area contributed by atoms with Crippen LogP contribution in [0, 0.1) is 6.92 Å². The monoisotopic (exact) mass is 287 g/mol. The second-order valence-corrected chi connectivity index (χ2v) is 5.48. The molecule has 1 amide bonds. The van der Waals surface area contributed by atoms with E-state index in [-0.39, 0.29) is 5.91 Å². The molecular weight excluding hydrogens is 266 g/mol. The first-order chi connectivity index (χ1) is 10.2. The summed E-state index contributed by atoms with van der Waals surface area (Å²) in [6.07, 6.45) is 2.93. The van der Waals surface area contributed by atoms with E-state index in [0.717, 1.165) is 48.7 Å². The average molecular weight is 287 g/mol. The molecule has 0 atom stereocenters. The molecule has 2 N–H and O–H groups in total. The number of hydrogen-bond donors (Lipinski definition) is 1. The van der Waals surface area contributed by atoms with E-state index >= 15 is 0 Å². The lowest BCUT2D eigenvalue weighted by atomic mass is 10.1. The van der Waals surface area contributed by atoms with Crippen LogP contribution in [0.15, 0.2) is 30.0 Å². The van der Waals surface area contributed by atoms with Crippen LogP contribution in [-0.2, 0) is 9.53 Å². The Kier molecular flexibility index (Phi) is 3.84. The van der Waals surface area contributed by atoms with Crippen LogP contribution >= 0.6 is 0 Å². The minimum absolute atomic E-state index is 0.0762. The second-order valence-electron chi connectivity index (χ2n) is 5.48. The first-order valence-electron chi connectivity index (χ1n) is 7.37. The zero-order valence-electron chi connectivity index (χ0n) is 12.3. The molecule has 0 radical (unpaired) electrons. The van der Waals surface area contributed by atoms with Crippen LogP contribution in [0.2, 0.25) is 0 Å². The molecule has 2 aliphatic heterocycles. The van der Waals surface area contributed by atoms with Gasteiger partial charge >= 0.3 is 0 Å². The van der Waals surface area contributed by atoms with Gasteiger partial charge in [-0.15, -0.1) is 0 Å². The van der Waals surface area contributed by atoms with E-state index in [0.29, 0.717) is 13.2 Å². The molecule has 0 unspecified atom stereocenters. The number of hydrogen-bond acceptors (Lipinski definition) is 4. The molecule has 112 valence electrons. The van der Waals surface area contributed by atoms with E-state index in [2.05, 4.69) is 4.90 Å². The minimum atomic E-state index is 0.0762. The first kappa shape index (κ1) is 13.9. The molecule has 0 aromatic heterocycles. The Morgan fingerprint density at radius 2 is 1.95 bits per heavy atom. The molecule has 1 saturated heterocycles. The predicted octanol–water partition coefficient (Wildman–Crippen LogP) is 1.53. The van der Waals surface area contributed by atoms with Gasteiger partial charge in [-0.3, -0.25) is 4.79 Å². The Hall–Kier alpha value is -2.01. The molecule has 2 aliphatic rings. The zero-order chi connectivity index (χ0) is 14.8. The summed E-state index contributed by atoms with van der Waals surface area (Å²) >= 11 is 0. The van der Waals surface area contributed by atoms with Crippen molar-refractivity contribution in [1.29, 1.82) is 0 Å². The third-order valence-electron chi connectivity index (χ3n) is 4.07. The molecular formula is C16H21N3O2. The zero-order valence-corrected chi connectivity index (χ0v) is 12.3. The number of aryl methyl sites for hydroxylation is 1. The summed E-state index contributed by atoms with van der Waals surface area (Å²) in [6.45, 7) is 5.62. The molecule has 1 aromatic rings. The van der Waals surface area contributed by atoms with E-state index in [1.807, 2.05) is 36.1 Å². The molecule has 5 heteroatoms. The Bertz CT molecular complexity index is 577. The van der Waals surface area contributed by atoms with Crippen molar-refractivity contribution < 1.29 is 9.53 Å². The highest BCUT2D eigenvalue weighted by atomic mass is 16.5. The smallest absolute Gasteiger partial charge is 0.274 e. The van der Waals surface area contributed by atoms with Gasteiger partial charge in [0.25, 0.3) is 5.91 Å². The van der Waals surface area contributed by atoms with Crippen molar-refractivity contribution in [2.24, 2.45) is 0 Å². The van der Waals surface area contributed by atoms with Gasteiger partial charge in [-0.25, -0.2) is 0 Å². The van der Waals surface area contributed by atoms with Gasteiger partial charge < -0.3 is 20.3 Å². The van der Waals surface area contributed by atoms with Gasteiger partial charge in [0.1, 0.15) is 0 Å². The highest BCUT2D eigenvalue weighted by Crippen LogP contribution is 2.26. The van der Waals surface area contributed by atoms with E-state index in [1.165, 1.54) is 0 Å². The Morgan fingerprint density at radius 3 is 2.67 bits per heavy atom. The van der Waals surface area contributed by atoms with Crippen molar-refractivity contribution in [3.8, 4) is 0 Å². The van der Waals surface area contributed by atoms with Crippen molar-refractivity contribution in [2.45, 2.75) is 13.3 Å². The fraction of sp³-hybridized carbons (Fsp3) is 0.438. The van der Waals surface area contributed by atoms with Crippen LogP contribution in [0.1, 0.15) is 12.0 Å². The number of morpholine rings is 1. The van der Waals surface area contributed by atoms with Crippen molar-refractivity contribution in [3.63, 3.8) is 0 Å². The molecule has 1 aromatic carbocycles. The van der Waals surface area contributed by atoms with Crippen LogP contribution in [0.25, 0.3) is 0 Å². The normalized spacial score (nSPS) is 19.7. The number of carbonyl (C=O) groups excluding carboxylic acids is 1. The lowest BCUT2D eigenvalue weighted by molar-refractivity contribution is -0.117. The Labute approximate surface area is 125 Å². The summed E-state index contributed by atoms with van der Waals surface area (Å²) in [4.78, 5) is 16.7. The van der Waals surface area contributed by atoms with Crippen molar-refractivity contribution in [1.82, 2.24) is 4.90 Å². The van der Waals surface area contributed by atoms with E-state index in [9.17, 15) is 4.79 Å². The summed E-state index contributed by atoms with van der Waals surface area (Å²) in [5.74, 6) is 0.0762. The van der Waals surface area contributed by atoms with Crippen molar-refractivity contribution in [2.75, 3.05) is 43.5 Å². The van der Waals surface area contributed by atoms with Gasteiger partial charge in [0.2, 0.25) is 0 Å². The fourth-order valence-corrected chi connectivity index (χ4v) is 2.80. The summed E-state index contributed by atoms with van der Waals surface area (Å²) in [5, 5.41) is 0. The van der Waals surface area contributed by atoms with Crippen LogP contribution < -0.4 is 10.6 Å². The van der Waals surface area contributed by atoms with Crippen LogP contribution in [0.4, 0.5) is 11.4 Å². The molecule has 1 fully saturated rings. The molecule has 0 bridgehead atoms. The maximum absolute atomic E-state index is 12.8. The van der Waals surface area contributed by atoms with E-state index < -0.39 is 0 Å². The SMILES string of the molecule is Cc1cc(N2CCC=C(N3CCOCC3)C2=O)ccc1N. The standard InChI is InChI=1S/C16H21N3O2/c1-12-11-13(4-5-14(12)17)19-6-2-3-15(16(19)20)18-7-9-21-10-8-18/h3-5,11H,2,6-10,17H2,1H3. The Morgan fingerprint density at radius 1 is 1.19 bits per heavy atom. The number of anilines is 2. The number of carbonyl (C=O) groups is 1. The highest BCUT2D eigenvalue weighted by Gasteiger charge is 2.28. The maximum Gasteiger partial charge on any atom is 0.274 e. The Balaban J connectivity index is 1.83. The molecule has 0 aliphatic carbocycles. The number of benzene rings is 1. The number of nitrogens with two attached hydrogens (primary N) is 1. The molecule has 0 saturated carbocycles. The lowest BCUT2D eigenvalue weighted by Gasteiger charge is -2.35. The van der Waals surface area contributed by atoms with E-state index in [1.54, 1.807) is 0 Å². The van der Waals surface area contributed by atoms with Gasteiger partial charge in [-0.2, -0.15) is 0 Å². The fourth-order valence-electron chi connectivity index (χ4n) is 2.80. The average Bonchev–Trinajstić information content (AvgIpc) is 2.51. The van der Waals surface area contributed by atoms with Crippen LogP contribution in [0.3, 0.4) is 0 Å².